The van der Waals surface area contributed by atoms with Gasteiger partial charge in [-0.05, 0) is 103 Å². The first-order chi connectivity index (χ1) is 54.2. The first-order valence-electron chi connectivity index (χ1n) is 36.7. The minimum absolute atomic E-state index is 0.0619. The van der Waals surface area contributed by atoms with Gasteiger partial charge in [0.25, 0.3) is 55.8 Å². The number of benzene rings is 4. The molecule has 13 atom stereocenters. The van der Waals surface area contributed by atoms with Gasteiger partial charge in [-0.3, -0.25) is 58.0 Å². The predicted octanol–water partition coefficient (Wildman–Crippen LogP) is 2.48. The van der Waals surface area contributed by atoms with Crippen LogP contribution in [0.4, 0.5) is 0 Å². The SMILES string of the molecule is CSCOCCN1C(=O)c2ccccc2C1=O.O=C1c2ccccc2C(=O)N1CCO.[2H]C[C@H]1O[C@@H]([B])C(O)[C@H]1O.[2H]C[C@H]1O[C@@H]([B])C(OCOCCN2C(=O)c3ccccc3C2=O)[C@H]1O.[2H]C[C@H]1O[C@@H]([B])C(OCOCCN2C(=O)c3ccccc3C2=O)[C@H]1OP(OCC[N+]#[C-])N(C(C)C)C(C)C.[3H]OC.[3H]OC.[3H]OC. The quantitative estimate of drug-likeness (QED) is 0.0113. The number of aliphatic hydroxyl groups is 7. The third-order valence-electron chi connectivity index (χ3n) is 16.1. The van der Waals surface area contributed by atoms with Crippen LogP contribution in [-0.4, -0.2) is 333 Å². The van der Waals surface area contributed by atoms with E-state index in [-0.39, 0.29) is 146 Å². The Balaban J connectivity index is 0.000000309. The zero-order chi connectivity index (χ0) is 84.0. The highest BCUT2D eigenvalue weighted by molar-refractivity contribution is 7.98. The zero-order valence-electron chi connectivity index (χ0n) is 66.8. The van der Waals surface area contributed by atoms with Crippen LogP contribution in [-0.2, 0) is 46.9 Å². The lowest BCUT2D eigenvalue weighted by atomic mass is 9.93. The lowest BCUT2D eigenvalue weighted by molar-refractivity contribution is -0.117. The Morgan fingerprint density at radius 1 is 0.523 bits per heavy atom. The smallest absolute Gasteiger partial charge is 0.261 e. The third kappa shape index (κ3) is 24.6. The lowest BCUT2D eigenvalue weighted by Crippen LogP contribution is -2.40. The van der Waals surface area contributed by atoms with E-state index in [1.165, 1.54) is 26.2 Å². The molecule has 4 unspecified atom stereocenters. The number of carbonyl (C=O) groups is 8. The first kappa shape index (κ1) is 82.7. The molecule has 580 valence electrons. The molecule has 107 heavy (non-hydrogen) atoms. The summed E-state index contributed by atoms with van der Waals surface area (Å²) >= 11 is 1.56. The van der Waals surface area contributed by atoms with Crippen LogP contribution in [0.25, 0.3) is 4.85 Å². The van der Waals surface area contributed by atoms with Crippen molar-refractivity contribution in [1.82, 2.24) is 24.3 Å². The number of nitrogens with zero attached hydrogens (tertiary/aromatic N) is 6. The molecule has 0 aromatic heterocycles. The number of rotatable bonds is 27. The van der Waals surface area contributed by atoms with E-state index in [0.29, 0.717) is 63.6 Å². The molecular weight excluding hydrogens is 1430 g/mol. The second-order valence-corrected chi connectivity index (χ2v) is 25.8. The lowest BCUT2D eigenvalue weighted by Gasteiger charge is -2.37. The monoisotopic (exact) mass is 1540 g/mol. The molecule has 6 radical (unpaired) electrons. The number of ether oxygens (including phenoxy) is 8. The highest BCUT2D eigenvalue weighted by atomic mass is 32.2. The van der Waals surface area contributed by atoms with Crippen molar-refractivity contribution in [3.8, 4) is 0 Å². The van der Waals surface area contributed by atoms with Crippen LogP contribution in [0.5, 0.6) is 0 Å². The molecule has 8 amide bonds. The number of amides is 8. The molecule has 0 saturated carbocycles. The molecule has 31 nitrogen and oxygen atoms in total. The maximum Gasteiger partial charge on any atom is 0.261 e. The highest BCUT2D eigenvalue weighted by Crippen LogP contribution is 2.49. The van der Waals surface area contributed by atoms with Crippen LogP contribution in [0.2, 0.25) is 0 Å². The van der Waals surface area contributed by atoms with Gasteiger partial charge in [0.05, 0.1) is 127 Å². The molecule has 3 saturated heterocycles. The Kier molecular flexibility index (Phi) is 36.5. The number of β-amino-alcohol motifs (C(OH)–C–C–N with tert-alkyl or cyclic N) is 1. The van der Waals surface area contributed by atoms with Gasteiger partial charge in [0.1, 0.15) is 74.3 Å². The van der Waals surface area contributed by atoms with E-state index in [1.807, 2.05) is 34.0 Å². The summed E-state index contributed by atoms with van der Waals surface area (Å²) in [5, 5.41) is 47.1. The van der Waals surface area contributed by atoms with Gasteiger partial charge in [0, 0.05) is 55.5 Å². The van der Waals surface area contributed by atoms with E-state index in [9.17, 15) is 43.5 Å². The second-order valence-electron chi connectivity index (χ2n) is 23.6. The van der Waals surface area contributed by atoms with E-state index < -0.39 is 81.5 Å². The summed E-state index contributed by atoms with van der Waals surface area (Å²) in [7, 11) is 19.4. The molecule has 4 aromatic rings. The molecule has 7 aliphatic heterocycles. The maximum absolute atomic E-state index is 12.5. The van der Waals surface area contributed by atoms with Gasteiger partial charge in [-0.1, -0.05) is 48.5 Å². The van der Waals surface area contributed by atoms with Crippen LogP contribution < -0.4 is 0 Å². The maximum atomic E-state index is 12.5. The van der Waals surface area contributed by atoms with Crippen molar-refractivity contribution in [3.05, 3.63) is 153 Å². The number of aliphatic hydroxyl groups excluding tert-OH is 7. The number of carbonyl (C=O) groups excluding carboxylic acids is 8. The molecule has 7 aliphatic rings. The van der Waals surface area contributed by atoms with Gasteiger partial charge < -0.3 is 87.5 Å². The summed E-state index contributed by atoms with van der Waals surface area (Å²) in [5.74, 6) is -1.89. The van der Waals surface area contributed by atoms with Crippen molar-refractivity contribution >= 4 is 91.1 Å². The number of hydrogen-bond donors (Lipinski definition) is 7. The van der Waals surface area contributed by atoms with E-state index in [0.717, 1.165) is 14.7 Å². The van der Waals surface area contributed by atoms with Crippen LogP contribution in [0.15, 0.2) is 97.1 Å². The van der Waals surface area contributed by atoms with Crippen LogP contribution >= 0.6 is 20.3 Å². The van der Waals surface area contributed by atoms with Crippen molar-refractivity contribution in [1.29, 1.82) is 4.29 Å². The summed E-state index contributed by atoms with van der Waals surface area (Å²) in [6, 6.07) is 24.6. The van der Waals surface area contributed by atoms with Gasteiger partial charge in [-0.25, -0.2) is 11.2 Å². The summed E-state index contributed by atoms with van der Waals surface area (Å²) in [6.07, 6.45) is -5.28. The molecule has 0 aliphatic carbocycles. The van der Waals surface area contributed by atoms with Gasteiger partial charge >= 0.3 is 0 Å². The Bertz CT molecular complexity index is 3550. The fourth-order valence-electron chi connectivity index (χ4n) is 11.1. The largest absolute Gasteiger partial charge is 0.400 e. The fourth-order valence-corrected chi connectivity index (χ4v) is 13.1. The zero-order valence-corrected chi connectivity index (χ0v) is 62.5. The normalized spacial score (nSPS) is 24.5. The predicted molar refractivity (Wildman–Crippen MR) is 394 cm³/mol. The number of fused-ring (bicyclic) bond motifs is 4. The van der Waals surface area contributed by atoms with Gasteiger partial charge in [0.15, 0.2) is 0 Å². The van der Waals surface area contributed by atoms with E-state index >= 15 is 0 Å². The molecular formula is C71H96B3N6O25PS. The molecule has 36 heteroatoms. The van der Waals surface area contributed by atoms with Crippen molar-refractivity contribution in [2.24, 2.45) is 0 Å². The first-order valence-corrected chi connectivity index (χ1v) is 35.9. The highest BCUT2D eigenvalue weighted by Gasteiger charge is 2.46. The van der Waals surface area contributed by atoms with Crippen molar-refractivity contribution in [3.63, 3.8) is 0 Å². The molecule has 4 aromatic carbocycles. The average molecular weight is 1540 g/mol. The van der Waals surface area contributed by atoms with Gasteiger partial charge in [-0.15, -0.1) is 11.8 Å². The van der Waals surface area contributed by atoms with Gasteiger partial charge in [0.2, 0.25) is 10.8 Å². The summed E-state index contributed by atoms with van der Waals surface area (Å²) < 4.78 is 96.7. The van der Waals surface area contributed by atoms with Crippen molar-refractivity contribution in [2.75, 3.05) is 113 Å². The molecule has 7 heterocycles. The number of imide groups is 4. The topological polar surface area (TPSA) is 391 Å². The number of thioether (sulfide) groups is 1. The van der Waals surface area contributed by atoms with E-state index in [2.05, 4.69) is 24.8 Å². The Labute approximate surface area is 641 Å². The van der Waals surface area contributed by atoms with Crippen molar-refractivity contribution < 1.29 is 125 Å². The molecule has 11 rings (SSSR count). The average Bonchev–Trinajstić information content (AvgIpc) is 1.65. The number of hydrogen-bond acceptors (Lipinski definition) is 27. The third-order valence-corrected chi connectivity index (χ3v) is 18.6. The minimum atomic E-state index is -1.60. The fraction of sp³-hybridized carbons (Fsp3) is 0.535. The summed E-state index contributed by atoms with van der Waals surface area (Å²) in [6.45, 7) is 15.9. The summed E-state index contributed by atoms with van der Waals surface area (Å²) in [4.78, 5) is 104. The van der Waals surface area contributed by atoms with Crippen LogP contribution in [0, 0.1) is 6.57 Å². The summed E-state index contributed by atoms with van der Waals surface area (Å²) in [5.41, 5.74) is 3.37. The van der Waals surface area contributed by atoms with Crippen LogP contribution in [0.3, 0.4) is 0 Å². The Morgan fingerprint density at radius 2 is 0.850 bits per heavy atom. The second kappa shape index (κ2) is 47.3. The molecule has 0 bridgehead atoms. The molecule has 0 spiro atoms. The molecule has 7 N–H and O–H groups in total. The standard InChI is InChI=1S/C25H35BN3O7P.C16H18BNO6.C12H13NO3S.C10H9NO3.C5H9BO3.3CH4O/c1-16(2)29(17(3)4)37(34-13-11-27-6)36-21-18(5)35-23(26)22(21)33-15-32-14-12-28-24(30)19-9-7-8-10-20(19)25(28)31;1-9-12(19)13(14(17)24-9)23-8-22-7-6-18-15(20)10-4-2-3-5-11(10)16(18)21;1-17-8-16-7-6-13-11(14)9-4-2-3-5-10(9)12(13)15;12-6-5-11-9(13)7-3-1-2-4-8(7)10(11)14;1-2-3(7)4(8)5(6)9-2;3*1-2/h7-10,16-18,21-23H,11-15H2,1-5H3;2-5,9,12-14,19H,6-8H2,1H3;2-5H,6-8H2,1H3;1-4,12H,5-6H2;2-5,7-8H,1H3;3*2H,1H3/t18-,21+,22?,23-,37?;9-,12+,13?,14-;;;2-,3+,4?,5-;;;/m11..1.../s1/i5D;1D;;;1D;3*2T. The van der Waals surface area contributed by atoms with E-state index in [4.69, 9.17) is 101 Å². The van der Waals surface area contributed by atoms with Gasteiger partial charge in [-0.2, -0.15) is 0 Å². The minimum Gasteiger partial charge on any atom is -0.400 e. The van der Waals surface area contributed by atoms with Crippen molar-refractivity contribution in [2.45, 2.75) is 133 Å². The Hall–Kier alpha value is -6.82. The molecule has 3 fully saturated rings. The van der Waals surface area contributed by atoms with Crippen LogP contribution in [0.1, 0.15) is 135 Å². The Morgan fingerprint density at radius 3 is 1.16 bits per heavy atom. The van der Waals surface area contributed by atoms with E-state index in [1.54, 1.807) is 109 Å².